The number of benzene rings is 2. The SMILES string of the molecule is CC(C)[Si](Oc1ccc(COCc2nnn(CCN=[N+]=[N-])c2C=Cc2ccccc2)cc1)(C(C)C)C(C)C. The standard InChI is InChI=1S/C29H40N6O2Si/c1-22(2)38(23(3)4,24(5)6)37-27-15-12-26(13-16-27)20-36-21-28-29(17-14-25-10-8-7-9-11-25)35(34-32-28)19-18-31-33-30/h7-17,22-24H,18-21H2,1-6H3. The van der Waals surface area contributed by atoms with E-state index in [1.54, 1.807) is 4.68 Å². The van der Waals surface area contributed by atoms with Gasteiger partial charge in [-0.05, 0) is 51.5 Å². The number of hydrogen-bond acceptors (Lipinski definition) is 5. The minimum atomic E-state index is -1.99. The first-order valence-electron chi connectivity index (χ1n) is 13.3. The second-order valence-corrected chi connectivity index (χ2v) is 15.8. The summed E-state index contributed by atoms with van der Waals surface area (Å²) in [6, 6.07) is 18.3. The van der Waals surface area contributed by atoms with Crippen molar-refractivity contribution in [3.63, 3.8) is 0 Å². The van der Waals surface area contributed by atoms with Gasteiger partial charge in [-0.15, -0.1) is 5.10 Å². The Kier molecular flexibility index (Phi) is 10.7. The molecular weight excluding hydrogens is 492 g/mol. The highest BCUT2D eigenvalue weighted by atomic mass is 28.4. The second-order valence-electron chi connectivity index (χ2n) is 10.4. The van der Waals surface area contributed by atoms with Gasteiger partial charge in [0.05, 0.1) is 18.9 Å². The third-order valence-electron chi connectivity index (χ3n) is 6.99. The van der Waals surface area contributed by atoms with Crippen molar-refractivity contribution in [2.45, 2.75) is 77.9 Å². The third kappa shape index (κ3) is 7.34. The molecule has 0 saturated heterocycles. The van der Waals surface area contributed by atoms with Gasteiger partial charge < -0.3 is 9.16 Å². The van der Waals surface area contributed by atoms with Crippen molar-refractivity contribution in [1.29, 1.82) is 0 Å². The van der Waals surface area contributed by atoms with Crippen LogP contribution in [0.1, 0.15) is 64.1 Å². The van der Waals surface area contributed by atoms with Gasteiger partial charge in [-0.2, -0.15) is 0 Å². The molecule has 8 nitrogen and oxygen atoms in total. The van der Waals surface area contributed by atoms with Gasteiger partial charge in [0.2, 0.25) is 0 Å². The van der Waals surface area contributed by atoms with Crippen LogP contribution in [0.25, 0.3) is 22.6 Å². The molecule has 3 aromatic rings. The maximum Gasteiger partial charge on any atom is 0.258 e. The minimum absolute atomic E-state index is 0.301. The Hall–Kier alpha value is -3.39. The molecule has 0 aliphatic rings. The van der Waals surface area contributed by atoms with E-state index in [1.807, 2.05) is 42.5 Å². The number of azide groups is 1. The van der Waals surface area contributed by atoms with Crippen LogP contribution < -0.4 is 4.43 Å². The van der Waals surface area contributed by atoms with E-state index in [2.05, 4.69) is 86.1 Å². The number of aromatic nitrogens is 3. The predicted molar refractivity (Wildman–Crippen MR) is 156 cm³/mol. The van der Waals surface area contributed by atoms with Gasteiger partial charge in [0, 0.05) is 18.0 Å². The topological polar surface area (TPSA) is 97.9 Å². The van der Waals surface area contributed by atoms with Crippen LogP contribution in [-0.2, 0) is 24.5 Å². The fourth-order valence-corrected chi connectivity index (χ4v) is 10.5. The fraction of sp³-hybridized carbons (Fsp3) is 0.448. The summed E-state index contributed by atoms with van der Waals surface area (Å²) in [5, 5.41) is 12.2. The second kappa shape index (κ2) is 14.0. The van der Waals surface area contributed by atoms with Crippen molar-refractivity contribution < 1.29 is 9.16 Å². The summed E-state index contributed by atoms with van der Waals surface area (Å²) >= 11 is 0. The van der Waals surface area contributed by atoms with E-state index in [0.29, 0.717) is 42.9 Å². The monoisotopic (exact) mass is 532 g/mol. The molecule has 0 bridgehead atoms. The van der Waals surface area contributed by atoms with E-state index in [-0.39, 0.29) is 0 Å². The molecule has 1 aromatic heterocycles. The third-order valence-corrected chi connectivity index (χ3v) is 13.0. The smallest absolute Gasteiger partial charge is 0.258 e. The van der Waals surface area contributed by atoms with Gasteiger partial charge >= 0.3 is 0 Å². The van der Waals surface area contributed by atoms with E-state index in [9.17, 15) is 0 Å². The molecule has 0 aliphatic carbocycles. The number of rotatable bonds is 14. The molecule has 0 fully saturated rings. The molecule has 0 saturated carbocycles. The lowest BCUT2D eigenvalue weighted by atomic mass is 10.2. The van der Waals surface area contributed by atoms with Crippen molar-refractivity contribution in [2.75, 3.05) is 6.54 Å². The van der Waals surface area contributed by atoms with E-state index >= 15 is 0 Å². The Morgan fingerprint density at radius 3 is 2.18 bits per heavy atom. The van der Waals surface area contributed by atoms with Crippen LogP contribution in [0.3, 0.4) is 0 Å². The van der Waals surface area contributed by atoms with Crippen molar-refractivity contribution >= 4 is 20.5 Å². The zero-order chi connectivity index (χ0) is 27.5. The first kappa shape index (κ1) is 29.2. The zero-order valence-corrected chi connectivity index (χ0v) is 24.4. The lowest BCUT2D eigenvalue weighted by molar-refractivity contribution is 0.104. The molecule has 2 aromatic carbocycles. The van der Waals surface area contributed by atoms with Crippen molar-refractivity contribution in [1.82, 2.24) is 15.0 Å². The lowest BCUT2D eigenvalue weighted by Crippen LogP contribution is -2.50. The maximum atomic E-state index is 8.61. The molecule has 9 heteroatoms. The molecular formula is C29H40N6O2Si. The molecule has 202 valence electrons. The van der Waals surface area contributed by atoms with Crippen LogP contribution in [0.5, 0.6) is 5.75 Å². The van der Waals surface area contributed by atoms with Gasteiger partial charge in [0.1, 0.15) is 11.4 Å². The quantitative estimate of drug-likeness (QED) is 0.0908. The molecule has 0 amide bonds. The maximum absolute atomic E-state index is 8.61. The highest BCUT2D eigenvalue weighted by Crippen LogP contribution is 2.42. The largest absolute Gasteiger partial charge is 0.543 e. The summed E-state index contributed by atoms with van der Waals surface area (Å²) in [4.78, 5) is 2.83. The van der Waals surface area contributed by atoms with Gasteiger partial charge in [-0.3, -0.25) is 0 Å². The summed E-state index contributed by atoms with van der Waals surface area (Å²) in [6.45, 7) is 15.3. The summed E-state index contributed by atoms with van der Waals surface area (Å²) < 4.78 is 14.5. The van der Waals surface area contributed by atoms with Crippen molar-refractivity contribution in [3.8, 4) is 5.75 Å². The van der Waals surface area contributed by atoms with Gasteiger partial charge in [0.25, 0.3) is 8.32 Å². The average Bonchev–Trinajstić information content (AvgIpc) is 3.28. The van der Waals surface area contributed by atoms with Crippen LogP contribution in [0.2, 0.25) is 16.6 Å². The predicted octanol–water partition coefficient (Wildman–Crippen LogP) is 8.03. The van der Waals surface area contributed by atoms with E-state index in [4.69, 9.17) is 14.7 Å². The Bertz CT molecular complexity index is 1190. The molecule has 3 rings (SSSR count). The molecule has 1 heterocycles. The number of hydrogen-bond donors (Lipinski definition) is 0. The molecule has 0 spiro atoms. The van der Waals surface area contributed by atoms with E-state index in [0.717, 1.165) is 28.3 Å². The summed E-state index contributed by atoms with van der Waals surface area (Å²) in [6.07, 6.45) is 3.99. The molecule has 0 atom stereocenters. The zero-order valence-electron chi connectivity index (χ0n) is 23.4. The van der Waals surface area contributed by atoms with Crippen LogP contribution in [0, 0.1) is 0 Å². The van der Waals surface area contributed by atoms with Crippen LogP contribution in [0.15, 0.2) is 59.7 Å². The van der Waals surface area contributed by atoms with Crippen LogP contribution >= 0.6 is 0 Å². The summed E-state index contributed by atoms with van der Waals surface area (Å²) in [5.41, 5.74) is 13.9. The first-order valence-corrected chi connectivity index (χ1v) is 15.4. The number of nitrogens with zero attached hydrogens (tertiary/aromatic N) is 6. The minimum Gasteiger partial charge on any atom is -0.543 e. The number of ether oxygens (including phenoxy) is 1. The normalized spacial score (nSPS) is 12.0. The van der Waals surface area contributed by atoms with Gasteiger partial charge in [-0.25, -0.2) is 4.68 Å². The average molecular weight is 533 g/mol. The van der Waals surface area contributed by atoms with Crippen molar-refractivity contribution in [3.05, 3.63) is 87.6 Å². The first-order chi connectivity index (χ1) is 18.3. The summed E-state index contributed by atoms with van der Waals surface area (Å²) in [5.74, 6) is 0.938. The lowest BCUT2D eigenvalue weighted by Gasteiger charge is -2.42. The van der Waals surface area contributed by atoms with Gasteiger partial charge in [-0.1, -0.05) is 100 Å². The highest BCUT2D eigenvalue weighted by Gasteiger charge is 2.46. The Balaban J connectivity index is 1.67. The summed E-state index contributed by atoms with van der Waals surface area (Å²) in [7, 11) is -1.99. The molecule has 0 N–H and O–H groups in total. The molecule has 0 unspecified atom stereocenters. The molecule has 38 heavy (non-hydrogen) atoms. The molecule has 0 aliphatic heterocycles. The van der Waals surface area contributed by atoms with E-state index < -0.39 is 8.32 Å². The van der Waals surface area contributed by atoms with Crippen LogP contribution in [-0.4, -0.2) is 29.9 Å². The highest BCUT2D eigenvalue weighted by molar-refractivity contribution is 6.78. The van der Waals surface area contributed by atoms with E-state index in [1.165, 1.54) is 0 Å². The Morgan fingerprint density at radius 2 is 1.58 bits per heavy atom. The van der Waals surface area contributed by atoms with Crippen molar-refractivity contribution in [2.24, 2.45) is 5.11 Å². The Labute approximate surface area is 227 Å². The fourth-order valence-electron chi connectivity index (χ4n) is 5.21. The molecule has 0 radical (unpaired) electrons. The van der Waals surface area contributed by atoms with Gasteiger partial charge in [0.15, 0.2) is 0 Å². The van der Waals surface area contributed by atoms with Crippen LogP contribution in [0.4, 0.5) is 0 Å². The Morgan fingerprint density at radius 1 is 0.921 bits per heavy atom.